The molecule has 0 saturated heterocycles. The number of para-hydroxylation sites is 1. The van der Waals surface area contributed by atoms with Crippen molar-refractivity contribution in [2.24, 2.45) is 4.99 Å². The van der Waals surface area contributed by atoms with Gasteiger partial charge in [0.1, 0.15) is 5.75 Å². The Morgan fingerprint density at radius 1 is 1.14 bits per heavy atom. The number of pyridine rings is 1. The van der Waals surface area contributed by atoms with E-state index in [1.807, 2.05) is 44.2 Å². The van der Waals surface area contributed by atoms with Crippen LogP contribution >= 0.6 is 0 Å². The van der Waals surface area contributed by atoms with Gasteiger partial charge < -0.3 is 4.74 Å². The second-order valence-corrected chi connectivity index (χ2v) is 6.00. The van der Waals surface area contributed by atoms with E-state index in [0.29, 0.717) is 11.5 Å². The zero-order valence-electron chi connectivity index (χ0n) is 13.2. The summed E-state index contributed by atoms with van der Waals surface area (Å²) < 4.78 is 5.88. The normalized spacial score (nSPS) is 16.4. The second-order valence-electron chi connectivity index (χ2n) is 6.00. The van der Waals surface area contributed by atoms with Crippen LogP contribution in [0.5, 0.6) is 5.75 Å². The van der Waals surface area contributed by atoms with E-state index in [1.165, 1.54) is 0 Å². The molecule has 0 bridgehead atoms. The molecule has 0 fully saturated rings. The maximum Gasteiger partial charge on any atom is 0.289 e. The van der Waals surface area contributed by atoms with Gasteiger partial charge in [-0.3, -0.25) is 9.78 Å². The van der Waals surface area contributed by atoms with Crippen LogP contribution in [0.4, 0.5) is 0 Å². The average Bonchev–Trinajstić information content (AvgIpc) is 2.57. The minimum absolute atomic E-state index is 0.295. The van der Waals surface area contributed by atoms with Crippen molar-refractivity contribution in [2.45, 2.75) is 33.3 Å². The van der Waals surface area contributed by atoms with Crippen molar-refractivity contribution in [1.82, 2.24) is 4.98 Å². The maximum atomic E-state index is 12.4. The molecule has 0 saturated carbocycles. The number of nitrogens with zero attached hydrogens (tertiary/aromatic N) is 2. The summed E-state index contributed by atoms with van der Waals surface area (Å²) in [6.07, 6.45) is 1.75. The van der Waals surface area contributed by atoms with Crippen LogP contribution in [0.2, 0.25) is 0 Å². The van der Waals surface area contributed by atoms with Gasteiger partial charge in [-0.15, -0.1) is 0 Å². The number of benzene rings is 1. The van der Waals surface area contributed by atoms with Gasteiger partial charge in [0.05, 0.1) is 5.71 Å². The average molecular weight is 294 g/mol. The van der Waals surface area contributed by atoms with E-state index in [0.717, 1.165) is 22.4 Å². The Balaban J connectivity index is 2.24. The van der Waals surface area contributed by atoms with E-state index in [2.05, 4.69) is 9.98 Å². The van der Waals surface area contributed by atoms with Gasteiger partial charge in [0.2, 0.25) is 0 Å². The van der Waals surface area contributed by atoms with Crippen LogP contribution in [0.15, 0.2) is 41.5 Å². The van der Waals surface area contributed by atoms with Gasteiger partial charge in [-0.05, 0) is 51.5 Å². The van der Waals surface area contributed by atoms with Gasteiger partial charge in [0.25, 0.3) is 5.91 Å². The molecule has 4 heteroatoms. The molecule has 3 rings (SSSR count). The molecule has 1 aromatic carbocycles. The lowest BCUT2D eigenvalue weighted by molar-refractivity contribution is -0.130. The highest BCUT2D eigenvalue weighted by Gasteiger charge is 2.34. The molecule has 1 aromatic heterocycles. The molecule has 0 unspecified atom stereocenters. The molecule has 4 nitrogen and oxygen atoms in total. The summed E-state index contributed by atoms with van der Waals surface area (Å²) in [5.41, 5.74) is 3.30. The fourth-order valence-corrected chi connectivity index (χ4v) is 2.36. The highest BCUT2D eigenvalue weighted by molar-refractivity contribution is 6.19. The number of carbonyl (C=O) groups excluding carboxylic acids is 1. The third-order valence-corrected chi connectivity index (χ3v) is 3.85. The topological polar surface area (TPSA) is 51.5 Å². The Labute approximate surface area is 129 Å². The monoisotopic (exact) mass is 294 g/mol. The highest BCUT2D eigenvalue weighted by Crippen LogP contribution is 2.30. The van der Waals surface area contributed by atoms with Crippen molar-refractivity contribution in [3.8, 4) is 5.75 Å². The molecule has 0 spiro atoms. The van der Waals surface area contributed by atoms with Gasteiger partial charge >= 0.3 is 0 Å². The fraction of sp³-hybridized carbons (Fsp3) is 0.278. The molecular formula is C18H18N2O2. The van der Waals surface area contributed by atoms with Crippen molar-refractivity contribution in [1.29, 1.82) is 0 Å². The molecule has 0 radical (unpaired) electrons. The zero-order chi connectivity index (χ0) is 15.9. The number of aliphatic imine (C=N–C) groups is 1. The molecule has 1 amide bonds. The first-order valence-electron chi connectivity index (χ1n) is 7.23. The number of hydrogen-bond donors (Lipinski definition) is 0. The van der Waals surface area contributed by atoms with E-state index in [1.54, 1.807) is 20.0 Å². The van der Waals surface area contributed by atoms with E-state index >= 15 is 0 Å². The molecule has 1 aliphatic heterocycles. The Hall–Kier alpha value is -2.49. The van der Waals surface area contributed by atoms with Gasteiger partial charge in [-0.2, -0.15) is 0 Å². The number of hydrogen-bond acceptors (Lipinski definition) is 3. The minimum Gasteiger partial charge on any atom is -0.477 e. The molecule has 1 aliphatic rings. The largest absolute Gasteiger partial charge is 0.477 e. The third kappa shape index (κ3) is 2.41. The molecule has 2 heterocycles. The van der Waals surface area contributed by atoms with Crippen LogP contribution in [-0.4, -0.2) is 22.2 Å². The standard InChI is InChI=1S/C18H18N2O2/c1-11-9-13(10-19-12(11)2)16-14-7-5-6-8-15(14)22-18(3,4)17(21)20-16/h5-10H,1-4H3. The Morgan fingerprint density at radius 3 is 2.59 bits per heavy atom. The van der Waals surface area contributed by atoms with Crippen molar-refractivity contribution in [3.63, 3.8) is 0 Å². The Kier molecular flexibility index (Phi) is 3.32. The van der Waals surface area contributed by atoms with Gasteiger partial charge in [0, 0.05) is 23.0 Å². The van der Waals surface area contributed by atoms with Crippen LogP contribution in [0, 0.1) is 13.8 Å². The number of aromatic nitrogens is 1. The second kappa shape index (κ2) is 5.05. The Bertz CT molecular complexity index is 791. The van der Waals surface area contributed by atoms with Crippen molar-refractivity contribution >= 4 is 11.6 Å². The van der Waals surface area contributed by atoms with E-state index in [-0.39, 0.29) is 5.91 Å². The van der Waals surface area contributed by atoms with Crippen LogP contribution in [0.25, 0.3) is 0 Å². The first-order valence-corrected chi connectivity index (χ1v) is 7.23. The van der Waals surface area contributed by atoms with Crippen LogP contribution < -0.4 is 4.74 Å². The lowest BCUT2D eigenvalue weighted by Crippen LogP contribution is -2.36. The molecule has 2 aromatic rings. The number of carbonyl (C=O) groups is 1. The van der Waals surface area contributed by atoms with Gasteiger partial charge in [0.15, 0.2) is 5.60 Å². The Morgan fingerprint density at radius 2 is 1.86 bits per heavy atom. The third-order valence-electron chi connectivity index (χ3n) is 3.85. The quantitative estimate of drug-likeness (QED) is 0.811. The maximum absolute atomic E-state index is 12.4. The lowest BCUT2D eigenvalue weighted by Gasteiger charge is -2.21. The molecule has 0 aliphatic carbocycles. The predicted octanol–water partition coefficient (Wildman–Crippen LogP) is 3.23. The number of aryl methyl sites for hydroxylation is 2. The zero-order valence-corrected chi connectivity index (χ0v) is 13.2. The summed E-state index contributed by atoms with van der Waals surface area (Å²) in [5, 5.41) is 0. The summed E-state index contributed by atoms with van der Waals surface area (Å²) in [7, 11) is 0. The van der Waals surface area contributed by atoms with Crippen LogP contribution in [0.1, 0.15) is 36.2 Å². The molecular weight excluding hydrogens is 276 g/mol. The van der Waals surface area contributed by atoms with E-state index < -0.39 is 5.60 Å². The summed E-state index contributed by atoms with van der Waals surface area (Å²) in [6.45, 7) is 7.42. The van der Waals surface area contributed by atoms with Gasteiger partial charge in [-0.1, -0.05) is 12.1 Å². The number of fused-ring (bicyclic) bond motifs is 1. The first-order chi connectivity index (χ1) is 10.4. The van der Waals surface area contributed by atoms with Crippen molar-refractivity contribution < 1.29 is 9.53 Å². The predicted molar refractivity (Wildman–Crippen MR) is 85.5 cm³/mol. The lowest BCUT2D eigenvalue weighted by atomic mass is 10.0. The highest BCUT2D eigenvalue weighted by atomic mass is 16.5. The smallest absolute Gasteiger partial charge is 0.289 e. The van der Waals surface area contributed by atoms with E-state index in [4.69, 9.17) is 4.74 Å². The number of rotatable bonds is 1. The number of ether oxygens (including phenoxy) is 1. The number of amides is 1. The molecule has 0 N–H and O–H groups in total. The fourth-order valence-electron chi connectivity index (χ4n) is 2.36. The van der Waals surface area contributed by atoms with Crippen molar-refractivity contribution in [3.05, 3.63) is 58.9 Å². The molecule has 112 valence electrons. The van der Waals surface area contributed by atoms with Gasteiger partial charge in [-0.25, -0.2) is 4.99 Å². The summed E-state index contributed by atoms with van der Waals surface area (Å²) >= 11 is 0. The van der Waals surface area contributed by atoms with Crippen LogP contribution in [-0.2, 0) is 4.79 Å². The summed E-state index contributed by atoms with van der Waals surface area (Å²) in [5.74, 6) is 0.368. The SMILES string of the molecule is Cc1cc(C2=NC(=O)C(C)(C)Oc3ccccc32)cnc1C. The van der Waals surface area contributed by atoms with Crippen LogP contribution in [0.3, 0.4) is 0 Å². The molecule has 0 atom stereocenters. The van der Waals surface area contributed by atoms with E-state index in [9.17, 15) is 4.79 Å². The first kappa shape index (κ1) is 14.4. The molecule has 22 heavy (non-hydrogen) atoms. The summed E-state index contributed by atoms with van der Waals surface area (Å²) in [6, 6.07) is 9.58. The minimum atomic E-state index is -0.981. The van der Waals surface area contributed by atoms with Crippen molar-refractivity contribution in [2.75, 3.05) is 0 Å². The summed E-state index contributed by atoms with van der Waals surface area (Å²) in [4.78, 5) is 21.1.